The highest BCUT2D eigenvalue weighted by Gasteiger charge is 2.11. The smallest absolute Gasteiger partial charge is 0.123 e. The highest BCUT2D eigenvalue weighted by Crippen LogP contribution is 2.20. The molecule has 0 amide bonds. The van der Waals surface area contributed by atoms with E-state index < -0.39 is 0 Å². The Morgan fingerprint density at radius 2 is 1.87 bits per heavy atom. The van der Waals surface area contributed by atoms with Gasteiger partial charge < -0.3 is 5.21 Å². The minimum atomic E-state index is -0.323. The molecule has 0 atom stereocenters. The number of nitrogens with zero attached hydrogens (tertiary/aromatic N) is 3. The van der Waals surface area contributed by atoms with Crippen molar-refractivity contribution in [1.29, 1.82) is 0 Å². The second kappa shape index (κ2) is 6.20. The Morgan fingerprint density at radius 3 is 2.52 bits per heavy atom. The maximum atomic E-state index is 13.1. The summed E-state index contributed by atoms with van der Waals surface area (Å²) in [6.45, 7) is 5.14. The Labute approximate surface area is 133 Å². The van der Waals surface area contributed by atoms with Crippen molar-refractivity contribution in [1.82, 2.24) is 9.78 Å². The first-order valence-corrected chi connectivity index (χ1v) is 7.52. The molecular weight excluding hydrogens is 293 g/mol. The lowest BCUT2D eigenvalue weighted by Gasteiger charge is -2.08. The van der Waals surface area contributed by atoms with Gasteiger partial charge in [0.1, 0.15) is 11.5 Å². The Hall–Kier alpha value is -2.69. The molecule has 23 heavy (non-hydrogen) atoms. The lowest BCUT2D eigenvalue weighted by molar-refractivity contribution is 0.319. The van der Waals surface area contributed by atoms with E-state index in [9.17, 15) is 9.60 Å². The molecule has 3 aromatic rings. The van der Waals surface area contributed by atoms with Crippen LogP contribution in [0.5, 0.6) is 0 Å². The zero-order chi connectivity index (χ0) is 16.4. The molecule has 1 aromatic heterocycles. The van der Waals surface area contributed by atoms with Gasteiger partial charge in [0.25, 0.3) is 0 Å². The van der Waals surface area contributed by atoms with Gasteiger partial charge in [0, 0.05) is 23.1 Å². The summed E-state index contributed by atoms with van der Waals surface area (Å²) in [5.41, 5.74) is 2.86. The van der Waals surface area contributed by atoms with Crippen LogP contribution in [0.15, 0.2) is 53.8 Å². The molecule has 0 fully saturated rings. The largest absolute Gasteiger partial charge is 0.410 e. The maximum absolute atomic E-state index is 13.1. The van der Waals surface area contributed by atoms with Crippen molar-refractivity contribution in [3.05, 3.63) is 65.6 Å². The molecule has 0 spiro atoms. The summed E-state index contributed by atoms with van der Waals surface area (Å²) in [4.78, 5) is 0. The first-order chi connectivity index (χ1) is 11.1. The van der Waals surface area contributed by atoms with Crippen LogP contribution < -0.4 is 0 Å². The van der Waals surface area contributed by atoms with Crippen molar-refractivity contribution in [2.24, 2.45) is 11.1 Å². The van der Waals surface area contributed by atoms with E-state index in [2.05, 4.69) is 24.1 Å². The SMILES string of the molecule is CC(C)Cn1ncc2cc(/C(=N/O)c3ccc(F)cc3)ccc21. The van der Waals surface area contributed by atoms with Crippen LogP contribution in [0.2, 0.25) is 0 Å². The fourth-order valence-corrected chi connectivity index (χ4v) is 2.62. The Bertz CT molecular complexity index is 850. The fourth-order valence-electron chi connectivity index (χ4n) is 2.62. The number of fused-ring (bicyclic) bond motifs is 1. The maximum Gasteiger partial charge on any atom is 0.123 e. The van der Waals surface area contributed by atoms with Gasteiger partial charge >= 0.3 is 0 Å². The zero-order valence-corrected chi connectivity index (χ0v) is 13.1. The minimum absolute atomic E-state index is 0.323. The predicted octanol–water partition coefficient (Wildman–Crippen LogP) is 4.06. The normalized spacial score (nSPS) is 12.3. The van der Waals surface area contributed by atoms with E-state index in [4.69, 9.17) is 0 Å². The van der Waals surface area contributed by atoms with Crippen LogP contribution >= 0.6 is 0 Å². The lowest BCUT2D eigenvalue weighted by Crippen LogP contribution is -2.06. The lowest BCUT2D eigenvalue weighted by atomic mass is 10.0. The first-order valence-electron chi connectivity index (χ1n) is 7.52. The van der Waals surface area contributed by atoms with Gasteiger partial charge in [0.2, 0.25) is 0 Å². The molecule has 2 aromatic carbocycles. The quantitative estimate of drug-likeness (QED) is 0.449. The van der Waals surface area contributed by atoms with Crippen LogP contribution in [-0.4, -0.2) is 20.7 Å². The molecule has 0 saturated heterocycles. The van der Waals surface area contributed by atoms with Crippen LogP contribution in [0.4, 0.5) is 4.39 Å². The van der Waals surface area contributed by atoms with E-state index in [1.165, 1.54) is 12.1 Å². The second-order valence-corrected chi connectivity index (χ2v) is 5.95. The van der Waals surface area contributed by atoms with Gasteiger partial charge in [-0.2, -0.15) is 5.10 Å². The summed E-state index contributed by atoms with van der Waals surface area (Å²) in [6.07, 6.45) is 1.81. The Morgan fingerprint density at radius 1 is 1.17 bits per heavy atom. The topological polar surface area (TPSA) is 50.4 Å². The van der Waals surface area contributed by atoms with Crippen molar-refractivity contribution in [2.45, 2.75) is 20.4 Å². The van der Waals surface area contributed by atoms with Crippen molar-refractivity contribution < 1.29 is 9.60 Å². The number of halogens is 1. The van der Waals surface area contributed by atoms with Crippen LogP contribution in [0.25, 0.3) is 10.9 Å². The molecule has 0 aliphatic carbocycles. The fraction of sp³-hybridized carbons (Fsp3) is 0.222. The van der Waals surface area contributed by atoms with Gasteiger partial charge in [0.15, 0.2) is 0 Å². The number of oxime groups is 1. The molecule has 0 unspecified atom stereocenters. The molecule has 4 nitrogen and oxygen atoms in total. The molecule has 0 radical (unpaired) electrons. The number of rotatable bonds is 4. The second-order valence-electron chi connectivity index (χ2n) is 5.95. The molecular formula is C18H18FN3O. The molecule has 1 N–H and O–H groups in total. The monoisotopic (exact) mass is 311 g/mol. The van der Waals surface area contributed by atoms with E-state index in [0.29, 0.717) is 17.2 Å². The highest BCUT2D eigenvalue weighted by atomic mass is 19.1. The Balaban J connectivity index is 2.00. The van der Waals surface area contributed by atoms with Crippen molar-refractivity contribution in [2.75, 3.05) is 0 Å². The first kappa shape index (κ1) is 15.2. The summed E-state index contributed by atoms with van der Waals surface area (Å²) in [6, 6.07) is 11.7. The molecule has 3 rings (SSSR count). The van der Waals surface area contributed by atoms with E-state index in [-0.39, 0.29) is 5.82 Å². The molecule has 1 heterocycles. The van der Waals surface area contributed by atoms with Crippen LogP contribution in [0, 0.1) is 11.7 Å². The van der Waals surface area contributed by atoms with Crippen LogP contribution in [-0.2, 0) is 6.54 Å². The predicted molar refractivity (Wildman–Crippen MR) is 88.4 cm³/mol. The van der Waals surface area contributed by atoms with E-state index in [1.54, 1.807) is 18.3 Å². The molecule has 0 bridgehead atoms. The molecule has 0 aliphatic heterocycles. The van der Waals surface area contributed by atoms with Crippen LogP contribution in [0.1, 0.15) is 25.0 Å². The van der Waals surface area contributed by atoms with Crippen molar-refractivity contribution >= 4 is 16.6 Å². The van der Waals surface area contributed by atoms with Gasteiger partial charge in [-0.05, 0) is 42.3 Å². The summed E-state index contributed by atoms with van der Waals surface area (Å²) < 4.78 is 15.0. The zero-order valence-electron chi connectivity index (χ0n) is 13.1. The summed E-state index contributed by atoms with van der Waals surface area (Å²) >= 11 is 0. The summed E-state index contributed by atoms with van der Waals surface area (Å²) in [5, 5.41) is 18.1. The highest BCUT2D eigenvalue weighted by molar-refractivity contribution is 6.13. The number of hydrogen-bond acceptors (Lipinski definition) is 3. The van der Waals surface area contributed by atoms with Gasteiger partial charge in [-0.15, -0.1) is 0 Å². The van der Waals surface area contributed by atoms with Crippen molar-refractivity contribution in [3.8, 4) is 0 Å². The molecule has 118 valence electrons. The average molecular weight is 311 g/mol. The third-order valence-electron chi connectivity index (χ3n) is 3.67. The summed E-state index contributed by atoms with van der Waals surface area (Å²) in [5.74, 6) is 0.183. The van der Waals surface area contributed by atoms with Gasteiger partial charge in [0.05, 0.1) is 11.7 Å². The minimum Gasteiger partial charge on any atom is -0.410 e. The van der Waals surface area contributed by atoms with Gasteiger partial charge in [-0.25, -0.2) is 4.39 Å². The third-order valence-corrected chi connectivity index (χ3v) is 3.67. The molecule has 0 saturated carbocycles. The molecule has 0 aliphatic rings. The van der Waals surface area contributed by atoms with Gasteiger partial charge in [-0.3, -0.25) is 4.68 Å². The standard InChI is InChI=1S/C18H18FN3O/c1-12(2)11-22-17-8-5-14(9-15(17)10-20-22)18(21-23)13-3-6-16(19)7-4-13/h3-10,12,23H,11H2,1-2H3/b21-18+. The Kier molecular flexibility index (Phi) is 4.10. The van der Waals surface area contributed by atoms with E-state index in [1.807, 2.05) is 22.9 Å². The average Bonchev–Trinajstić information content (AvgIpc) is 2.92. The number of hydrogen-bond donors (Lipinski definition) is 1. The van der Waals surface area contributed by atoms with Crippen molar-refractivity contribution in [3.63, 3.8) is 0 Å². The number of aromatic nitrogens is 2. The van der Waals surface area contributed by atoms with E-state index in [0.717, 1.165) is 23.0 Å². The van der Waals surface area contributed by atoms with E-state index >= 15 is 0 Å². The molecule has 5 heteroatoms. The summed E-state index contributed by atoms with van der Waals surface area (Å²) in [7, 11) is 0. The van der Waals surface area contributed by atoms with Gasteiger partial charge in [-0.1, -0.05) is 25.1 Å². The number of benzene rings is 2. The van der Waals surface area contributed by atoms with Crippen LogP contribution in [0.3, 0.4) is 0 Å². The third kappa shape index (κ3) is 3.08.